The van der Waals surface area contributed by atoms with Gasteiger partial charge in [-0.2, -0.15) is 0 Å². The summed E-state index contributed by atoms with van der Waals surface area (Å²) in [5.74, 6) is -1.84. The zero-order chi connectivity index (χ0) is 19.5. The van der Waals surface area contributed by atoms with Gasteiger partial charge < -0.3 is 10.4 Å². The van der Waals surface area contributed by atoms with Crippen LogP contribution in [0.4, 0.5) is 20.2 Å². The molecule has 1 amide bonds. The molecule has 2 aromatic rings. The fourth-order valence-corrected chi connectivity index (χ4v) is 2.64. The Morgan fingerprint density at radius 3 is 2.54 bits per heavy atom. The van der Waals surface area contributed by atoms with Crippen LogP contribution in [0.25, 0.3) is 0 Å². The zero-order valence-corrected chi connectivity index (χ0v) is 17.6. The van der Waals surface area contributed by atoms with E-state index in [-0.39, 0.29) is 28.0 Å². The number of aliphatic hydroxyl groups is 1. The van der Waals surface area contributed by atoms with E-state index < -0.39 is 23.1 Å². The summed E-state index contributed by atoms with van der Waals surface area (Å²) >= 11 is 4.99. The van der Waals surface area contributed by atoms with Gasteiger partial charge in [-0.1, -0.05) is 0 Å². The van der Waals surface area contributed by atoms with Crippen molar-refractivity contribution in [3.8, 4) is 0 Å². The monoisotopic (exact) mass is 540 g/mol. The highest BCUT2D eigenvalue weighted by Crippen LogP contribution is 2.29. The van der Waals surface area contributed by atoms with E-state index in [9.17, 15) is 18.7 Å². The first-order valence-corrected chi connectivity index (χ1v) is 9.30. The fourth-order valence-electron chi connectivity index (χ4n) is 1.85. The van der Waals surface area contributed by atoms with Gasteiger partial charge in [-0.05, 0) is 82.7 Å². The summed E-state index contributed by atoms with van der Waals surface area (Å²) in [5.41, 5.74) is 1.40. The molecule has 2 rings (SSSR count). The molecule has 0 saturated carbocycles. The highest BCUT2D eigenvalue weighted by Gasteiger charge is 2.22. The second kappa shape index (κ2) is 8.59. The molecule has 0 aromatic heterocycles. The molecule has 0 aliphatic heterocycles. The lowest BCUT2D eigenvalue weighted by Gasteiger charge is -2.22. The SMILES string of the molecule is CC(C)(CO)ONC(=O)c1cc(Br)c(F)cc1Nc1ccc(I)cc1F. The van der Waals surface area contributed by atoms with Crippen LogP contribution in [0.2, 0.25) is 0 Å². The standard InChI is InChI=1S/C17H16BrF2IN2O3/c1-17(2,8-24)26-23-16(25)10-6-11(18)12(19)7-15(10)22-14-4-3-9(21)5-13(14)20/h3-7,22,24H,8H2,1-2H3,(H,23,25). The molecule has 5 nitrogen and oxygen atoms in total. The van der Waals surface area contributed by atoms with Crippen molar-refractivity contribution in [2.45, 2.75) is 19.4 Å². The van der Waals surface area contributed by atoms with Crippen molar-refractivity contribution in [3.63, 3.8) is 0 Å². The van der Waals surface area contributed by atoms with Crippen LogP contribution in [-0.4, -0.2) is 23.2 Å². The number of carbonyl (C=O) groups is 1. The Bertz CT molecular complexity index is 834. The summed E-state index contributed by atoms with van der Waals surface area (Å²) in [4.78, 5) is 17.6. The highest BCUT2D eigenvalue weighted by molar-refractivity contribution is 14.1. The van der Waals surface area contributed by atoms with Crippen molar-refractivity contribution in [1.82, 2.24) is 5.48 Å². The van der Waals surface area contributed by atoms with Gasteiger partial charge in [0.2, 0.25) is 0 Å². The van der Waals surface area contributed by atoms with Crippen LogP contribution < -0.4 is 10.8 Å². The molecule has 140 valence electrons. The topological polar surface area (TPSA) is 70.6 Å². The van der Waals surface area contributed by atoms with Crippen molar-refractivity contribution < 1.29 is 23.5 Å². The Labute approximate surface area is 171 Å². The first-order chi connectivity index (χ1) is 12.1. The van der Waals surface area contributed by atoms with E-state index in [4.69, 9.17) is 4.84 Å². The molecular formula is C17H16BrF2IN2O3. The van der Waals surface area contributed by atoms with Gasteiger partial charge in [-0.15, -0.1) is 0 Å². The summed E-state index contributed by atoms with van der Waals surface area (Å²) in [7, 11) is 0. The van der Waals surface area contributed by atoms with Crippen molar-refractivity contribution in [3.05, 3.63) is 55.6 Å². The Hall–Kier alpha value is -1.30. The lowest BCUT2D eigenvalue weighted by atomic mass is 10.1. The molecular weight excluding hydrogens is 525 g/mol. The van der Waals surface area contributed by atoms with E-state index in [0.717, 1.165) is 6.07 Å². The molecule has 0 heterocycles. The number of carbonyl (C=O) groups excluding carboxylic acids is 1. The van der Waals surface area contributed by atoms with E-state index in [2.05, 4.69) is 26.7 Å². The van der Waals surface area contributed by atoms with Gasteiger partial charge in [0, 0.05) is 3.57 Å². The summed E-state index contributed by atoms with van der Waals surface area (Å²) < 4.78 is 28.8. The largest absolute Gasteiger partial charge is 0.393 e. The predicted octanol–water partition coefficient (Wildman–Crippen LogP) is 4.51. The van der Waals surface area contributed by atoms with Crippen molar-refractivity contribution >= 4 is 55.8 Å². The number of halogens is 4. The predicted molar refractivity (Wildman–Crippen MR) is 106 cm³/mol. The van der Waals surface area contributed by atoms with Crippen molar-refractivity contribution in [2.75, 3.05) is 11.9 Å². The minimum Gasteiger partial charge on any atom is -0.393 e. The van der Waals surface area contributed by atoms with Gasteiger partial charge in [0.25, 0.3) is 5.91 Å². The lowest BCUT2D eigenvalue weighted by Crippen LogP contribution is -2.38. The number of amides is 1. The first-order valence-electron chi connectivity index (χ1n) is 7.43. The number of benzene rings is 2. The molecule has 9 heteroatoms. The number of hydroxylamine groups is 1. The third kappa shape index (κ3) is 5.35. The molecule has 0 saturated heterocycles. The zero-order valence-electron chi connectivity index (χ0n) is 13.9. The second-order valence-electron chi connectivity index (χ2n) is 6.01. The fraction of sp³-hybridized carbons (Fsp3) is 0.235. The Morgan fingerprint density at radius 2 is 1.92 bits per heavy atom. The molecule has 0 radical (unpaired) electrons. The van der Waals surface area contributed by atoms with E-state index >= 15 is 0 Å². The van der Waals surface area contributed by atoms with E-state index in [1.54, 1.807) is 19.9 Å². The van der Waals surface area contributed by atoms with Gasteiger partial charge >= 0.3 is 0 Å². The maximum Gasteiger partial charge on any atom is 0.277 e. The Balaban J connectivity index is 2.33. The molecule has 3 N–H and O–H groups in total. The molecule has 0 atom stereocenters. The van der Waals surface area contributed by atoms with Crippen molar-refractivity contribution in [1.29, 1.82) is 0 Å². The molecule has 0 aliphatic rings. The summed E-state index contributed by atoms with van der Waals surface area (Å²) in [5, 5.41) is 11.9. The number of anilines is 2. The smallest absolute Gasteiger partial charge is 0.277 e. The summed E-state index contributed by atoms with van der Waals surface area (Å²) in [6, 6.07) is 6.81. The second-order valence-corrected chi connectivity index (χ2v) is 8.11. The minimum atomic E-state index is -0.997. The normalized spacial score (nSPS) is 11.3. The Morgan fingerprint density at radius 1 is 1.23 bits per heavy atom. The van der Waals surface area contributed by atoms with Crippen LogP contribution >= 0.6 is 38.5 Å². The van der Waals surface area contributed by atoms with Crippen LogP contribution in [-0.2, 0) is 4.84 Å². The maximum absolute atomic E-state index is 14.1. The molecule has 0 aliphatic carbocycles. The van der Waals surface area contributed by atoms with Crippen molar-refractivity contribution in [2.24, 2.45) is 0 Å². The number of hydrogen-bond donors (Lipinski definition) is 3. The highest BCUT2D eigenvalue weighted by atomic mass is 127. The molecule has 0 fully saturated rings. The van der Waals surface area contributed by atoms with Crippen LogP contribution in [0.1, 0.15) is 24.2 Å². The van der Waals surface area contributed by atoms with E-state index in [1.807, 2.05) is 22.6 Å². The van der Waals surface area contributed by atoms with Gasteiger partial charge in [-0.3, -0.25) is 9.63 Å². The van der Waals surface area contributed by atoms with Gasteiger partial charge in [0.05, 0.1) is 28.0 Å². The quantitative estimate of drug-likeness (QED) is 0.372. The number of rotatable bonds is 6. The van der Waals surface area contributed by atoms with Crippen LogP contribution in [0, 0.1) is 15.2 Å². The van der Waals surface area contributed by atoms with E-state index in [1.165, 1.54) is 18.2 Å². The molecule has 2 aromatic carbocycles. The minimum absolute atomic E-state index is 0.0324. The van der Waals surface area contributed by atoms with Crippen LogP contribution in [0.5, 0.6) is 0 Å². The molecule has 0 unspecified atom stereocenters. The lowest BCUT2D eigenvalue weighted by molar-refractivity contribution is -0.0956. The summed E-state index contributed by atoms with van der Waals surface area (Å²) in [6.07, 6.45) is 0. The number of hydrogen-bond acceptors (Lipinski definition) is 4. The van der Waals surface area contributed by atoms with Gasteiger partial charge in [0.1, 0.15) is 17.2 Å². The third-order valence-corrected chi connectivity index (χ3v) is 4.59. The Kier molecular flexibility index (Phi) is 6.94. The first kappa shape index (κ1) is 21.0. The molecule has 26 heavy (non-hydrogen) atoms. The molecule has 0 spiro atoms. The average Bonchev–Trinajstić information content (AvgIpc) is 2.58. The number of nitrogens with one attached hydrogen (secondary N) is 2. The van der Waals surface area contributed by atoms with Gasteiger partial charge in [0.15, 0.2) is 0 Å². The van der Waals surface area contributed by atoms with Crippen LogP contribution in [0.15, 0.2) is 34.8 Å². The van der Waals surface area contributed by atoms with Gasteiger partial charge in [-0.25, -0.2) is 14.3 Å². The molecule has 0 bridgehead atoms. The average molecular weight is 541 g/mol. The van der Waals surface area contributed by atoms with E-state index in [0.29, 0.717) is 3.57 Å². The number of aliphatic hydroxyl groups excluding tert-OH is 1. The van der Waals surface area contributed by atoms with Crippen LogP contribution in [0.3, 0.4) is 0 Å². The third-order valence-electron chi connectivity index (χ3n) is 3.31. The summed E-state index contributed by atoms with van der Waals surface area (Å²) in [6.45, 7) is 2.83. The maximum atomic E-state index is 14.1.